The molecule has 0 unspecified atom stereocenters. The van der Waals surface area contributed by atoms with Crippen molar-refractivity contribution in [3.63, 3.8) is 0 Å². The Morgan fingerprint density at radius 2 is 1.97 bits per heavy atom. The van der Waals surface area contributed by atoms with Gasteiger partial charge in [-0.25, -0.2) is 4.68 Å². The van der Waals surface area contributed by atoms with Gasteiger partial charge >= 0.3 is 0 Å². The minimum absolute atomic E-state index is 0.0372. The van der Waals surface area contributed by atoms with E-state index in [0.717, 1.165) is 50.2 Å². The van der Waals surface area contributed by atoms with Gasteiger partial charge in [0.2, 0.25) is 5.91 Å². The molecule has 0 aliphatic carbocycles. The SMILES string of the molecule is O=C(Nc1ccnn1C1CCN(Cc2cccc3cccnc23)CC1)[C@@H]1CCOC1. The molecule has 1 aromatic carbocycles. The fraction of sp³-hybridized carbons (Fsp3) is 0.435. The van der Waals surface area contributed by atoms with Crippen molar-refractivity contribution in [2.75, 3.05) is 31.6 Å². The van der Waals surface area contributed by atoms with Crippen molar-refractivity contribution < 1.29 is 9.53 Å². The molecule has 5 rings (SSSR count). The van der Waals surface area contributed by atoms with Crippen LogP contribution in [0.3, 0.4) is 0 Å². The van der Waals surface area contributed by atoms with Crippen molar-refractivity contribution in [1.29, 1.82) is 0 Å². The first-order valence-corrected chi connectivity index (χ1v) is 10.7. The third-order valence-electron chi connectivity index (χ3n) is 6.24. The summed E-state index contributed by atoms with van der Waals surface area (Å²) >= 11 is 0. The van der Waals surface area contributed by atoms with Crippen LogP contribution in [0.5, 0.6) is 0 Å². The molecule has 2 aliphatic heterocycles. The average Bonchev–Trinajstić information content (AvgIpc) is 3.47. The van der Waals surface area contributed by atoms with Gasteiger partial charge in [-0.1, -0.05) is 24.3 Å². The van der Waals surface area contributed by atoms with Crippen LogP contribution in [-0.4, -0.2) is 51.9 Å². The Bertz CT molecular complexity index is 1010. The molecule has 3 aromatic rings. The summed E-state index contributed by atoms with van der Waals surface area (Å²) in [6, 6.07) is 12.7. The molecule has 1 amide bonds. The molecule has 7 nitrogen and oxygen atoms in total. The Hall–Kier alpha value is -2.77. The molecule has 0 radical (unpaired) electrons. The molecule has 1 atom stereocenters. The fourth-order valence-electron chi connectivity index (χ4n) is 4.53. The molecule has 4 heterocycles. The number of hydrogen-bond donors (Lipinski definition) is 1. The summed E-state index contributed by atoms with van der Waals surface area (Å²) < 4.78 is 7.33. The van der Waals surface area contributed by atoms with E-state index >= 15 is 0 Å². The van der Waals surface area contributed by atoms with E-state index in [1.54, 1.807) is 6.20 Å². The summed E-state index contributed by atoms with van der Waals surface area (Å²) in [5, 5.41) is 8.76. The number of amides is 1. The molecule has 1 N–H and O–H groups in total. The van der Waals surface area contributed by atoms with Crippen molar-refractivity contribution in [2.45, 2.75) is 31.8 Å². The van der Waals surface area contributed by atoms with E-state index in [1.165, 1.54) is 10.9 Å². The highest BCUT2D eigenvalue weighted by Gasteiger charge is 2.27. The first-order chi connectivity index (χ1) is 14.8. The van der Waals surface area contributed by atoms with Crippen molar-refractivity contribution in [2.24, 2.45) is 5.92 Å². The lowest BCUT2D eigenvalue weighted by atomic mass is 10.0. The third kappa shape index (κ3) is 3.95. The highest BCUT2D eigenvalue weighted by atomic mass is 16.5. The van der Waals surface area contributed by atoms with Crippen LogP contribution in [0, 0.1) is 5.92 Å². The number of hydrogen-bond acceptors (Lipinski definition) is 5. The molecule has 2 saturated heterocycles. The lowest BCUT2D eigenvalue weighted by Gasteiger charge is -2.33. The number of fused-ring (bicyclic) bond motifs is 1. The summed E-state index contributed by atoms with van der Waals surface area (Å²) in [4.78, 5) is 19.5. The second-order valence-electron chi connectivity index (χ2n) is 8.21. The number of rotatable bonds is 5. The smallest absolute Gasteiger partial charge is 0.231 e. The van der Waals surface area contributed by atoms with E-state index in [9.17, 15) is 4.79 Å². The Kier molecular flexibility index (Phi) is 5.46. The van der Waals surface area contributed by atoms with E-state index in [0.29, 0.717) is 19.3 Å². The van der Waals surface area contributed by atoms with Crippen LogP contribution >= 0.6 is 0 Å². The fourth-order valence-corrected chi connectivity index (χ4v) is 4.53. The van der Waals surface area contributed by atoms with Gasteiger partial charge in [0.25, 0.3) is 0 Å². The zero-order valence-electron chi connectivity index (χ0n) is 17.0. The predicted octanol–water partition coefficient (Wildman–Crippen LogP) is 3.24. The molecule has 156 valence electrons. The van der Waals surface area contributed by atoms with Gasteiger partial charge < -0.3 is 10.1 Å². The first kappa shape index (κ1) is 19.2. The van der Waals surface area contributed by atoms with E-state index in [4.69, 9.17) is 4.74 Å². The Labute approximate surface area is 176 Å². The molecule has 0 saturated carbocycles. The van der Waals surface area contributed by atoms with E-state index < -0.39 is 0 Å². The number of nitrogens with one attached hydrogen (secondary N) is 1. The van der Waals surface area contributed by atoms with Gasteiger partial charge in [-0.3, -0.25) is 14.7 Å². The maximum Gasteiger partial charge on any atom is 0.231 e. The molecule has 2 fully saturated rings. The molecule has 0 spiro atoms. The van der Waals surface area contributed by atoms with Crippen LogP contribution in [0.2, 0.25) is 0 Å². The van der Waals surface area contributed by atoms with Gasteiger partial charge in [-0.05, 0) is 30.9 Å². The van der Waals surface area contributed by atoms with Crippen molar-refractivity contribution >= 4 is 22.6 Å². The zero-order chi connectivity index (χ0) is 20.3. The van der Waals surface area contributed by atoms with Crippen LogP contribution in [-0.2, 0) is 16.1 Å². The summed E-state index contributed by atoms with van der Waals surface area (Å²) in [7, 11) is 0. The number of para-hydroxylation sites is 1. The van der Waals surface area contributed by atoms with Crippen LogP contribution in [0.1, 0.15) is 30.9 Å². The Morgan fingerprint density at radius 3 is 2.80 bits per heavy atom. The highest BCUT2D eigenvalue weighted by Crippen LogP contribution is 2.28. The summed E-state index contributed by atoms with van der Waals surface area (Å²) in [5.74, 6) is 0.781. The minimum atomic E-state index is -0.0514. The number of carbonyl (C=O) groups excluding carboxylic acids is 1. The quantitative estimate of drug-likeness (QED) is 0.706. The third-order valence-corrected chi connectivity index (χ3v) is 6.24. The number of benzene rings is 1. The lowest BCUT2D eigenvalue weighted by Crippen LogP contribution is -2.35. The number of aromatic nitrogens is 3. The first-order valence-electron chi connectivity index (χ1n) is 10.7. The molecule has 0 bridgehead atoms. The molecular formula is C23H27N5O2. The lowest BCUT2D eigenvalue weighted by molar-refractivity contribution is -0.119. The summed E-state index contributed by atoms with van der Waals surface area (Å²) in [5.41, 5.74) is 2.37. The van der Waals surface area contributed by atoms with Crippen LogP contribution in [0.4, 0.5) is 5.82 Å². The topological polar surface area (TPSA) is 72.3 Å². The van der Waals surface area contributed by atoms with Gasteiger partial charge in [0, 0.05) is 43.9 Å². The molecule has 7 heteroatoms. The van der Waals surface area contributed by atoms with E-state index in [-0.39, 0.29) is 11.8 Å². The second-order valence-corrected chi connectivity index (χ2v) is 8.21. The average molecular weight is 406 g/mol. The van der Waals surface area contributed by atoms with E-state index in [2.05, 4.69) is 44.6 Å². The van der Waals surface area contributed by atoms with Crippen LogP contribution in [0.15, 0.2) is 48.8 Å². The van der Waals surface area contributed by atoms with Gasteiger partial charge in [-0.2, -0.15) is 5.10 Å². The second kappa shape index (κ2) is 8.53. The van der Waals surface area contributed by atoms with Gasteiger partial charge in [-0.15, -0.1) is 0 Å². The highest BCUT2D eigenvalue weighted by molar-refractivity contribution is 5.92. The summed E-state index contributed by atoms with van der Waals surface area (Å²) in [6.45, 7) is 4.09. The monoisotopic (exact) mass is 405 g/mol. The number of pyridine rings is 1. The zero-order valence-corrected chi connectivity index (χ0v) is 17.0. The number of ether oxygens (including phenoxy) is 1. The standard InChI is InChI=1S/C23H27N5O2/c29-23(19-9-14-30-16-19)26-21-6-11-25-28(21)20-7-12-27(13-8-20)15-18-4-1-3-17-5-2-10-24-22(17)18/h1-6,10-11,19-20H,7-9,12-16H2,(H,26,29)/t19-/m1/s1. The number of likely N-dealkylation sites (tertiary alicyclic amines) is 1. The maximum atomic E-state index is 12.5. The normalized spacial score (nSPS) is 20.6. The van der Waals surface area contributed by atoms with Crippen molar-refractivity contribution in [3.8, 4) is 0 Å². The van der Waals surface area contributed by atoms with Crippen LogP contribution in [0.25, 0.3) is 10.9 Å². The number of carbonyl (C=O) groups is 1. The molecule has 2 aliphatic rings. The van der Waals surface area contributed by atoms with Crippen LogP contribution < -0.4 is 5.32 Å². The Morgan fingerprint density at radius 1 is 1.10 bits per heavy atom. The van der Waals surface area contributed by atoms with Crippen molar-refractivity contribution in [1.82, 2.24) is 19.7 Å². The molecule has 2 aromatic heterocycles. The minimum Gasteiger partial charge on any atom is -0.381 e. The molecule has 30 heavy (non-hydrogen) atoms. The van der Waals surface area contributed by atoms with Crippen molar-refractivity contribution in [3.05, 3.63) is 54.4 Å². The largest absolute Gasteiger partial charge is 0.381 e. The number of nitrogens with zero attached hydrogens (tertiary/aromatic N) is 4. The number of anilines is 1. The summed E-state index contributed by atoms with van der Waals surface area (Å²) in [6.07, 6.45) is 6.45. The molecular weight excluding hydrogens is 378 g/mol. The van der Waals surface area contributed by atoms with Gasteiger partial charge in [0.05, 0.1) is 30.3 Å². The van der Waals surface area contributed by atoms with E-state index in [1.807, 2.05) is 23.0 Å². The number of piperidine rings is 1. The van der Waals surface area contributed by atoms with Gasteiger partial charge in [0.15, 0.2) is 0 Å². The maximum absolute atomic E-state index is 12.5. The predicted molar refractivity (Wildman–Crippen MR) is 115 cm³/mol. The Balaban J connectivity index is 1.21. The van der Waals surface area contributed by atoms with Gasteiger partial charge in [0.1, 0.15) is 5.82 Å².